The van der Waals surface area contributed by atoms with Crippen molar-refractivity contribution in [2.45, 2.75) is 32.6 Å². The molecule has 0 N–H and O–H groups in total. The van der Waals surface area contributed by atoms with E-state index in [0.29, 0.717) is 51.4 Å². The van der Waals surface area contributed by atoms with Crippen LogP contribution in [0.2, 0.25) is 0 Å². The molecule has 9 aromatic carbocycles. The van der Waals surface area contributed by atoms with Crippen molar-refractivity contribution in [2.75, 3.05) is 4.90 Å². The van der Waals surface area contributed by atoms with Gasteiger partial charge in [-0.1, -0.05) is 147 Å². The van der Waals surface area contributed by atoms with Gasteiger partial charge in [-0.05, 0) is 127 Å². The van der Waals surface area contributed by atoms with Crippen molar-refractivity contribution in [1.29, 1.82) is 0 Å². The van der Waals surface area contributed by atoms with Crippen LogP contribution in [-0.2, 0) is 12.4 Å². The van der Waals surface area contributed by atoms with E-state index in [1.807, 2.05) is 121 Å². The molecule has 0 radical (unpaired) electrons. The van der Waals surface area contributed by atoms with Crippen LogP contribution in [0.1, 0.15) is 39.9 Å². The lowest BCUT2D eigenvalue weighted by Crippen LogP contribution is -2.23. The lowest BCUT2D eigenvalue weighted by Gasteiger charge is -2.35. The van der Waals surface area contributed by atoms with E-state index in [-0.39, 0.29) is 11.1 Å². The van der Waals surface area contributed by atoms with E-state index in [0.717, 1.165) is 101 Å². The summed E-state index contributed by atoms with van der Waals surface area (Å²) in [5.41, 5.74) is 10.1. The first kappa shape index (κ1) is 49.1. The summed E-state index contributed by atoms with van der Waals surface area (Å²) in [6.45, 7) is 13.4. The fraction of sp³-hybridized carbons (Fsp3) is 0.0725. The molecule has 3 aromatic heterocycles. The summed E-state index contributed by atoms with van der Waals surface area (Å²) in [6, 6.07) is 58.9. The van der Waals surface area contributed by atoms with Crippen LogP contribution in [0.4, 0.5) is 32.0 Å². The van der Waals surface area contributed by atoms with Gasteiger partial charge in [0.15, 0.2) is 0 Å². The summed E-state index contributed by atoms with van der Waals surface area (Å²) < 4.78 is 97.3. The van der Waals surface area contributed by atoms with E-state index in [1.54, 1.807) is 19.1 Å². The van der Waals surface area contributed by atoms with E-state index in [9.17, 15) is 0 Å². The molecule has 0 atom stereocenters. The number of anilines is 1. The first-order valence-electron chi connectivity index (χ1n) is 25.9. The second-order valence-corrected chi connectivity index (χ2v) is 20.0. The number of halogens is 6. The number of benzene rings is 9. The Morgan fingerprint density at radius 2 is 0.924 bits per heavy atom. The van der Waals surface area contributed by atoms with Gasteiger partial charge < -0.3 is 18.6 Å². The lowest BCUT2D eigenvalue weighted by atomic mass is 9.85. The largest absolute Gasteiger partial charge is 0.416 e. The SMILES string of the molecule is C=C1/C=C\C/C=C\c2c(c3ccccc3n2-c2ccccc2)C(=C)N1c1c(C)c(-n2c3ccccc3c3ccc4c(c5ccccc5n4-c4ccccc4)c32)c(-c2cccc(C(F)(F)F)c2)c(C)c1-c1cccc(C(F)(F)F)c1. The molecule has 0 aliphatic carbocycles. The number of aromatic nitrogens is 3. The zero-order valence-electron chi connectivity index (χ0n) is 43.0. The zero-order chi connectivity index (χ0) is 54.5. The fourth-order valence-corrected chi connectivity index (χ4v) is 12.2. The molecular weight excluding hydrogens is 999 g/mol. The second kappa shape index (κ2) is 18.6. The number of hydrogen-bond donors (Lipinski definition) is 0. The standard InChI is InChI=1S/C69H48F6N4/c1-42-22-8-5-13-37-59-63(54-32-15-18-35-57(54)77(59)50-27-9-6-10-28-50)45(4)76(42)65-44(3)66(62(47-24-21-26-49(41-47)69(73,74)75)43(2)61(65)46-23-20-25-48(40-46)68(70,71)72)79-56-34-17-14-31-52(56)53-38-39-60-64(67(53)79)55-33-16-19-36-58(55)78(60)51-29-11-7-12-30-51/h6-41H,1,4-5H2,2-3H3/b22-8-,37-13-. The van der Waals surface area contributed by atoms with E-state index in [2.05, 4.69) is 74.4 Å². The predicted molar refractivity (Wildman–Crippen MR) is 312 cm³/mol. The van der Waals surface area contributed by atoms with Crippen molar-refractivity contribution >= 4 is 72.0 Å². The maximum atomic E-state index is 15.1. The third-order valence-electron chi connectivity index (χ3n) is 15.5. The molecule has 4 heterocycles. The molecule has 0 spiro atoms. The molecule has 0 unspecified atom stereocenters. The van der Waals surface area contributed by atoms with Crippen LogP contribution in [-0.4, -0.2) is 13.7 Å². The average Bonchev–Trinajstić information content (AvgIpc) is 4.28. The predicted octanol–water partition coefficient (Wildman–Crippen LogP) is 19.8. The summed E-state index contributed by atoms with van der Waals surface area (Å²) >= 11 is 0. The maximum Gasteiger partial charge on any atom is 0.416 e. The number of rotatable bonds is 6. The Morgan fingerprint density at radius 1 is 0.418 bits per heavy atom. The van der Waals surface area contributed by atoms with Crippen molar-refractivity contribution in [2.24, 2.45) is 0 Å². The zero-order valence-corrected chi connectivity index (χ0v) is 43.0. The molecule has 13 rings (SSSR count). The fourth-order valence-electron chi connectivity index (χ4n) is 12.2. The van der Waals surface area contributed by atoms with Gasteiger partial charge >= 0.3 is 12.4 Å². The molecule has 1 aliphatic heterocycles. The van der Waals surface area contributed by atoms with Crippen molar-refractivity contribution < 1.29 is 26.3 Å². The van der Waals surface area contributed by atoms with Crippen LogP contribution in [0.15, 0.2) is 231 Å². The third kappa shape index (κ3) is 7.83. The number of allylic oxidation sites excluding steroid dienone is 3. The molecular formula is C69H48F6N4. The smallest absolute Gasteiger partial charge is 0.310 e. The van der Waals surface area contributed by atoms with Crippen molar-refractivity contribution in [3.63, 3.8) is 0 Å². The molecule has 4 nitrogen and oxygen atoms in total. The summed E-state index contributed by atoms with van der Waals surface area (Å²) in [4.78, 5) is 1.94. The highest BCUT2D eigenvalue weighted by Gasteiger charge is 2.36. The van der Waals surface area contributed by atoms with Gasteiger partial charge in [0.2, 0.25) is 0 Å². The van der Waals surface area contributed by atoms with Gasteiger partial charge in [0.05, 0.1) is 55.8 Å². The van der Waals surface area contributed by atoms with E-state index in [1.165, 1.54) is 12.1 Å². The minimum absolute atomic E-state index is 0.203. The third-order valence-corrected chi connectivity index (χ3v) is 15.5. The van der Waals surface area contributed by atoms with Gasteiger partial charge in [-0.2, -0.15) is 26.3 Å². The Hall–Kier alpha value is -9.54. The van der Waals surface area contributed by atoms with Crippen LogP contribution in [0.25, 0.3) is 106 Å². The highest BCUT2D eigenvalue weighted by atomic mass is 19.4. The Balaban J connectivity index is 1.24. The second-order valence-electron chi connectivity index (χ2n) is 20.0. The number of hydrogen-bond acceptors (Lipinski definition) is 1. The van der Waals surface area contributed by atoms with Gasteiger partial charge in [-0.25, -0.2) is 0 Å². The molecule has 386 valence electrons. The topological polar surface area (TPSA) is 18.0 Å². The molecule has 0 amide bonds. The van der Waals surface area contributed by atoms with Gasteiger partial charge in [0.1, 0.15) is 0 Å². The number of alkyl halides is 6. The lowest BCUT2D eigenvalue weighted by molar-refractivity contribution is -0.138. The van der Waals surface area contributed by atoms with Crippen molar-refractivity contribution in [3.05, 3.63) is 265 Å². The minimum Gasteiger partial charge on any atom is -0.310 e. The van der Waals surface area contributed by atoms with Crippen molar-refractivity contribution in [3.8, 4) is 39.3 Å². The highest BCUT2D eigenvalue weighted by molar-refractivity contribution is 6.26. The van der Waals surface area contributed by atoms with Gasteiger partial charge in [-0.15, -0.1) is 0 Å². The normalized spacial score (nSPS) is 14.3. The monoisotopic (exact) mass is 1050 g/mol. The van der Waals surface area contributed by atoms with Crippen LogP contribution in [0.3, 0.4) is 0 Å². The Bertz CT molecular complexity index is 4540. The van der Waals surface area contributed by atoms with Gasteiger partial charge in [0.25, 0.3) is 0 Å². The summed E-state index contributed by atoms with van der Waals surface area (Å²) in [6.07, 6.45) is -0.916. The average molecular weight is 1050 g/mol. The summed E-state index contributed by atoms with van der Waals surface area (Å²) in [5, 5.41) is 4.52. The van der Waals surface area contributed by atoms with Gasteiger partial charge in [0, 0.05) is 66.4 Å². The van der Waals surface area contributed by atoms with Crippen LogP contribution >= 0.6 is 0 Å². The summed E-state index contributed by atoms with van der Waals surface area (Å²) in [5.74, 6) is 0. The van der Waals surface area contributed by atoms with Crippen molar-refractivity contribution in [1.82, 2.24) is 13.7 Å². The molecule has 0 saturated carbocycles. The number of nitrogens with zero attached hydrogens (tertiary/aromatic N) is 4. The van der Waals surface area contributed by atoms with E-state index in [4.69, 9.17) is 13.2 Å². The molecule has 0 fully saturated rings. The molecule has 0 saturated heterocycles. The Morgan fingerprint density at radius 3 is 1.53 bits per heavy atom. The van der Waals surface area contributed by atoms with E-state index < -0.39 is 23.5 Å². The Labute approximate surface area is 451 Å². The first-order chi connectivity index (χ1) is 38.2. The molecule has 79 heavy (non-hydrogen) atoms. The van der Waals surface area contributed by atoms with E-state index >= 15 is 26.3 Å². The molecule has 1 aliphatic rings. The Kier molecular flexibility index (Phi) is 11.5. The molecule has 0 bridgehead atoms. The molecule has 10 heteroatoms. The van der Waals surface area contributed by atoms with Crippen LogP contribution in [0.5, 0.6) is 0 Å². The van der Waals surface area contributed by atoms with Crippen LogP contribution in [0, 0.1) is 13.8 Å². The highest BCUT2D eigenvalue weighted by Crippen LogP contribution is 2.53. The van der Waals surface area contributed by atoms with Gasteiger partial charge in [-0.3, -0.25) is 0 Å². The minimum atomic E-state index is -4.73. The maximum absolute atomic E-state index is 15.1. The first-order valence-corrected chi connectivity index (χ1v) is 25.9. The van der Waals surface area contributed by atoms with Crippen LogP contribution < -0.4 is 4.90 Å². The number of fused-ring (bicyclic) bond motifs is 10. The number of para-hydroxylation sites is 5. The quantitative estimate of drug-likeness (QED) is 0.152. The molecule has 12 aromatic rings. The summed E-state index contributed by atoms with van der Waals surface area (Å²) in [7, 11) is 0.